The van der Waals surface area contributed by atoms with E-state index >= 15 is 0 Å². The van der Waals surface area contributed by atoms with E-state index in [0.29, 0.717) is 24.4 Å². The molecule has 4 aromatic rings. The summed E-state index contributed by atoms with van der Waals surface area (Å²) in [6.07, 6.45) is 12.1. The van der Waals surface area contributed by atoms with E-state index < -0.39 is 0 Å². The van der Waals surface area contributed by atoms with Crippen LogP contribution >= 0.6 is 0 Å². The van der Waals surface area contributed by atoms with Crippen LogP contribution in [0.25, 0.3) is 27.4 Å². The van der Waals surface area contributed by atoms with E-state index in [2.05, 4.69) is 77.9 Å². The molecule has 2 heterocycles. The number of carbonyl (C=O) groups is 1. The van der Waals surface area contributed by atoms with Gasteiger partial charge in [0.2, 0.25) is 0 Å². The molecule has 1 atom stereocenters. The molecule has 0 fully saturated rings. The van der Waals surface area contributed by atoms with Gasteiger partial charge >= 0.3 is 0 Å². The van der Waals surface area contributed by atoms with Gasteiger partial charge in [0.15, 0.2) is 5.57 Å². The van der Waals surface area contributed by atoms with Crippen molar-refractivity contribution in [1.82, 2.24) is 9.47 Å². The van der Waals surface area contributed by atoms with Crippen molar-refractivity contribution in [3.8, 4) is 18.2 Å². The van der Waals surface area contributed by atoms with Crippen molar-refractivity contribution in [3.63, 3.8) is 0 Å². The van der Waals surface area contributed by atoms with Crippen LogP contribution in [0.3, 0.4) is 0 Å². The molecule has 3 aromatic carbocycles. The standard InChI is InChI=1S/C46H54N6O2/c1-3-5-18-35(4-2)34-50(27-14-8-9-17-30-53)38-25-23-36(24-26-38)44-41(33-49)45(37(31-47)32-48)52(46(44)54)29-16-7-6-15-28-51-42-21-12-10-19-39(42)40-20-11-13-22-43(40)51/h10-13,19-26,35,53H,3-9,14-18,27-30,34H2,1-2H3. The van der Waals surface area contributed by atoms with Gasteiger partial charge < -0.3 is 19.5 Å². The summed E-state index contributed by atoms with van der Waals surface area (Å²) < 4.78 is 2.38. The number of anilines is 1. The SMILES string of the molecule is CCCCC(CC)CN(CCCCCCO)c1ccc(C2=C(C#N)C(=C(C#N)C#N)N(CCCCCCn3c4ccccc4c4ccccc43)C2=O)cc1. The second-order valence-corrected chi connectivity index (χ2v) is 14.4. The molecule has 0 saturated carbocycles. The fourth-order valence-electron chi connectivity index (χ4n) is 7.88. The Kier molecular flexibility index (Phi) is 14.9. The number of hydrogen-bond donors (Lipinski definition) is 1. The zero-order valence-electron chi connectivity index (χ0n) is 32.1. The Bertz CT molecular complexity index is 2000. The number of amides is 1. The molecule has 280 valence electrons. The summed E-state index contributed by atoms with van der Waals surface area (Å²) in [5.74, 6) is 0.241. The number of benzene rings is 3. The van der Waals surface area contributed by atoms with Gasteiger partial charge in [-0.1, -0.05) is 107 Å². The lowest BCUT2D eigenvalue weighted by atomic mass is 9.97. The molecule has 1 N–H and O–H groups in total. The fraction of sp³-hybridized carbons (Fsp3) is 0.435. The Labute approximate surface area is 321 Å². The lowest BCUT2D eigenvalue weighted by Crippen LogP contribution is -2.30. The van der Waals surface area contributed by atoms with Gasteiger partial charge in [0, 0.05) is 60.3 Å². The zero-order valence-corrected chi connectivity index (χ0v) is 32.1. The summed E-state index contributed by atoms with van der Waals surface area (Å²) in [5, 5.41) is 41.9. The molecule has 8 nitrogen and oxygen atoms in total. The summed E-state index contributed by atoms with van der Waals surface area (Å²) in [7, 11) is 0. The minimum atomic E-state index is -0.339. The third-order valence-corrected chi connectivity index (χ3v) is 10.9. The summed E-state index contributed by atoms with van der Waals surface area (Å²) in [4.78, 5) is 18.0. The number of aryl methyl sites for hydroxylation is 1. The summed E-state index contributed by atoms with van der Waals surface area (Å²) in [5.41, 5.74) is 4.39. The van der Waals surface area contributed by atoms with Crippen LogP contribution in [0.15, 0.2) is 89.6 Å². The summed E-state index contributed by atoms with van der Waals surface area (Å²) >= 11 is 0. The average Bonchev–Trinajstić information content (AvgIpc) is 3.68. The van der Waals surface area contributed by atoms with Crippen LogP contribution in [0.5, 0.6) is 0 Å². The van der Waals surface area contributed by atoms with Crippen LogP contribution in [0.4, 0.5) is 5.69 Å². The van der Waals surface area contributed by atoms with Crippen LogP contribution < -0.4 is 4.90 Å². The highest BCUT2D eigenvalue weighted by atomic mass is 16.3. The number of nitrogens with zero attached hydrogens (tertiary/aromatic N) is 6. The number of allylic oxidation sites excluding steroid dienone is 2. The minimum Gasteiger partial charge on any atom is -0.396 e. The molecule has 8 heteroatoms. The van der Waals surface area contributed by atoms with Crippen molar-refractivity contribution in [3.05, 3.63) is 95.2 Å². The molecule has 1 unspecified atom stereocenters. The normalized spacial score (nSPS) is 13.4. The molecule has 0 bridgehead atoms. The van der Waals surface area contributed by atoms with Crippen molar-refractivity contribution in [2.75, 3.05) is 31.1 Å². The molecule has 0 aliphatic carbocycles. The average molecular weight is 723 g/mol. The number of hydrogen-bond acceptors (Lipinski definition) is 6. The van der Waals surface area contributed by atoms with Crippen molar-refractivity contribution in [2.45, 2.75) is 97.4 Å². The second-order valence-electron chi connectivity index (χ2n) is 14.4. The molecule has 54 heavy (non-hydrogen) atoms. The number of fused-ring (bicyclic) bond motifs is 3. The first-order valence-electron chi connectivity index (χ1n) is 19.9. The van der Waals surface area contributed by atoms with Gasteiger partial charge in [0.05, 0.1) is 16.8 Å². The van der Waals surface area contributed by atoms with Crippen molar-refractivity contribution < 1.29 is 9.90 Å². The monoisotopic (exact) mass is 722 g/mol. The summed E-state index contributed by atoms with van der Waals surface area (Å²) in [6, 6.07) is 30.9. The van der Waals surface area contributed by atoms with Gasteiger partial charge in [-0.2, -0.15) is 15.8 Å². The van der Waals surface area contributed by atoms with E-state index in [9.17, 15) is 25.7 Å². The van der Waals surface area contributed by atoms with Crippen LogP contribution in [-0.4, -0.2) is 46.7 Å². The highest BCUT2D eigenvalue weighted by Gasteiger charge is 2.38. The highest BCUT2D eigenvalue weighted by molar-refractivity contribution is 6.26. The van der Waals surface area contributed by atoms with Gasteiger partial charge in [0.25, 0.3) is 5.91 Å². The smallest absolute Gasteiger partial charge is 0.260 e. The lowest BCUT2D eigenvalue weighted by molar-refractivity contribution is -0.122. The van der Waals surface area contributed by atoms with Crippen LogP contribution in [-0.2, 0) is 11.3 Å². The van der Waals surface area contributed by atoms with Crippen molar-refractivity contribution in [2.24, 2.45) is 5.92 Å². The number of nitriles is 3. The first kappa shape index (κ1) is 39.8. The van der Waals surface area contributed by atoms with E-state index in [1.165, 1.54) is 46.0 Å². The number of aliphatic hydroxyl groups excluding tert-OH is 1. The lowest BCUT2D eigenvalue weighted by Gasteiger charge is -2.29. The molecule has 1 aliphatic heterocycles. The van der Waals surface area contributed by atoms with Crippen LogP contribution in [0.1, 0.15) is 96.5 Å². The van der Waals surface area contributed by atoms with Crippen LogP contribution in [0, 0.1) is 39.9 Å². The molecule has 0 spiro atoms. The van der Waals surface area contributed by atoms with Gasteiger partial charge in [-0.25, -0.2) is 0 Å². The first-order valence-corrected chi connectivity index (χ1v) is 19.9. The largest absolute Gasteiger partial charge is 0.396 e. The molecule has 5 rings (SSSR count). The van der Waals surface area contributed by atoms with Crippen molar-refractivity contribution in [1.29, 1.82) is 15.8 Å². The predicted octanol–water partition coefficient (Wildman–Crippen LogP) is 10.1. The third kappa shape index (κ3) is 9.22. The van der Waals surface area contributed by atoms with Gasteiger partial charge in [0.1, 0.15) is 18.2 Å². The Morgan fingerprint density at radius 2 is 1.37 bits per heavy atom. The second kappa shape index (κ2) is 20.2. The molecule has 1 aromatic heterocycles. The maximum atomic E-state index is 14.1. The van der Waals surface area contributed by atoms with E-state index in [1.807, 2.05) is 36.4 Å². The number of aliphatic hydroxyl groups is 1. The van der Waals surface area contributed by atoms with Gasteiger partial charge in [-0.3, -0.25) is 4.79 Å². The summed E-state index contributed by atoms with van der Waals surface area (Å²) in [6.45, 7) is 7.77. The molecule has 0 saturated heterocycles. The quantitative estimate of drug-likeness (QED) is 0.0675. The first-order chi connectivity index (χ1) is 26.5. The topological polar surface area (TPSA) is 120 Å². The van der Waals surface area contributed by atoms with E-state index in [0.717, 1.165) is 76.7 Å². The van der Waals surface area contributed by atoms with Gasteiger partial charge in [-0.15, -0.1) is 0 Å². The Morgan fingerprint density at radius 1 is 0.759 bits per heavy atom. The predicted molar refractivity (Wildman–Crippen MR) is 218 cm³/mol. The molecule has 1 amide bonds. The molecular formula is C46H54N6O2. The number of rotatable bonds is 21. The van der Waals surface area contributed by atoms with Crippen LogP contribution in [0.2, 0.25) is 0 Å². The maximum Gasteiger partial charge on any atom is 0.260 e. The van der Waals surface area contributed by atoms with E-state index in [4.69, 9.17) is 0 Å². The van der Waals surface area contributed by atoms with Crippen molar-refractivity contribution >= 4 is 39.0 Å². The van der Waals surface area contributed by atoms with Gasteiger partial charge in [-0.05, 0) is 67.9 Å². The third-order valence-electron chi connectivity index (χ3n) is 10.9. The molecule has 0 radical (unpaired) electrons. The minimum absolute atomic E-state index is 0.0866. The highest BCUT2D eigenvalue weighted by Crippen LogP contribution is 2.38. The zero-order chi connectivity index (χ0) is 38.3. The Hall–Kier alpha value is -5.36. The number of para-hydroxylation sites is 2. The number of carbonyl (C=O) groups excluding carboxylic acids is 1. The van der Waals surface area contributed by atoms with E-state index in [-0.39, 0.29) is 34.9 Å². The number of unbranched alkanes of at least 4 members (excludes halogenated alkanes) is 7. The Morgan fingerprint density at radius 3 is 1.96 bits per heavy atom. The van der Waals surface area contributed by atoms with E-state index in [1.54, 1.807) is 0 Å². The number of aromatic nitrogens is 1. The Balaban J connectivity index is 1.28. The maximum absolute atomic E-state index is 14.1. The molecular weight excluding hydrogens is 669 g/mol. The molecule has 1 aliphatic rings. The fourth-order valence-corrected chi connectivity index (χ4v) is 7.88.